The largest absolute Gasteiger partial charge is 0.385 e. The third-order valence-electron chi connectivity index (χ3n) is 3.77. The zero-order valence-corrected chi connectivity index (χ0v) is 14.2. The van der Waals surface area contributed by atoms with E-state index in [0.29, 0.717) is 5.92 Å². The van der Waals surface area contributed by atoms with Crippen molar-refractivity contribution in [3.8, 4) is 0 Å². The fourth-order valence-electron chi connectivity index (χ4n) is 2.43. The molecule has 0 aliphatic carbocycles. The van der Waals surface area contributed by atoms with Crippen LogP contribution in [-0.2, 0) is 11.3 Å². The topological polar surface area (TPSA) is 24.5 Å². The van der Waals surface area contributed by atoms with Crippen LogP contribution in [0.15, 0.2) is 24.3 Å². The lowest BCUT2D eigenvalue weighted by Crippen LogP contribution is -2.21. The van der Waals surface area contributed by atoms with E-state index < -0.39 is 0 Å². The molecule has 0 saturated heterocycles. The Morgan fingerprint density at radius 1 is 1.24 bits per heavy atom. The van der Waals surface area contributed by atoms with Crippen molar-refractivity contribution in [2.45, 2.75) is 39.2 Å². The Labute approximate surface area is 130 Å². The number of hydrogen-bond donors (Lipinski definition) is 1. The molecule has 3 heteroatoms. The van der Waals surface area contributed by atoms with Gasteiger partial charge in [-0.2, -0.15) is 0 Å². The van der Waals surface area contributed by atoms with Crippen molar-refractivity contribution in [3.63, 3.8) is 0 Å². The molecule has 1 unspecified atom stereocenters. The first-order chi connectivity index (χ1) is 10.2. The molecule has 0 aliphatic rings. The van der Waals surface area contributed by atoms with E-state index in [0.717, 1.165) is 39.2 Å². The number of nitrogens with zero attached hydrogens (tertiary/aromatic N) is 1. The van der Waals surface area contributed by atoms with E-state index in [1.807, 2.05) is 0 Å². The van der Waals surface area contributed by atoms with E-state index in [1.165, 1.54) is 17.5 Å². The van der Waals surface area contributed by atoms with E-state index in [-0.39, 0.29) is 0 Å². The molecule has 21 heavy (non-hydrogen) atoms. The Morgan fingerprint density at radius 2 is 1.95 bits per heavy atom. The second-order valence-electron chi connectivity index (χ2n) is 5.93. The molecule has 0 saturated carbocycles. The van der Waals surface area contributed by atoms with Gasteiger partial charge < -0.3 is 15.0 Å². The molecule has 1 rings (SSSR count). The first-order valence-corrected chi connectivity index (χ1v) is 8.14. The standard InChI is InChI=1S/C18H32N2O/c1-5-11-19-14-16(2)18-9-7-17(8-10-18)15-20(3)12-6-13-21-4/h7-10,16,19H,5-6,11-15H2,1-4H3. The van der Waals surface area contributed by atoms with Crippen LogP contribution in [0.5, 0.6) is 0 Å². The van der Waals surface area contributed by atoms with Crippen molar-refractivity contribution in [3.05, 3.63) is 35.4 Å². The van der Waals surface area contributed by atoms with Crippen molar-refractivity contribution < 1.29 is 4.74 Å². The minimum Gasteiger partial charge on any atom is -0.385 e. The molecule has 1 aromatic carbocycles. The summed E-state index contributed by atoms with van der Waals surface area (Å²) in [6, 6.07) is 9.07. The van der Waals surface area contributed by atoms with Crippen LogP contribution in [0.1, 0.15) is 43.7 Å². The molecule has 120 valence electrons. The van der Waals surface area contributed by atoms with Gasteiger partial charge in [-0.15, -0.1) is 0 Å². The summed E-state index contributed by atoms with van der Waals surface area (Å²) in [6.45, 7) is 9.58. The van der Waals surface area contributed by atoms with E-state index in [4.69, 9.17) is 4.74 Å². The fraction of sp³-hybridized carbons (Fsp3) is 0.667. The highest BCUT2D eigenvalue weighted by atomic mass is 16.5. The normalized spacial score (nSPS) is 12.8. The summed E-state index contributed by atoms with van der Waals surface area (Å²) in [5, 5.41) is 3.49. The Balaban J connectivity index is 2.38. The maximum absolute atomic E-state index is 5.09. The molecule has 0 bridgehead atoms. The van der Waals surface area contributed by atoms with Gasteiger partial charge in [-0.05, 0) is 43.5 Å². The third kappa shape index (κ3) is 7.60. The molecule has 0 heterocycles. The summed E-state index contributed by atoms with van der Waals surface area (Å²) in [5.41, 5.74) is 2.80. The highest BCUT2D eigenvalue weighted by Crippen LogP contribution is 2.16. The maximum atomic E-state index is 5.09. The minimum absolute atomic E-state index is 0.574. The maximum Gasteiger partial charge on any atom is 0.0474 e. The lowest BCUT2D eigenvalue weighted by molar-refractivity contribution is 0.178. The molecule has 0 fully saturated rings. The van der Waals surface area contributed by atoms with Crippen LogP contribution >= 0.6 is 0 Å². The monoisotopic (exact) mass is 292 g/mol. The summed E-state index contributed by atoms with van der Waals surface area (Å²) in [7, 11) is 3.93. The number of ether oxygens (including phenoxy) is 1. The van der Waals surface area contributed by atoms with Crippen LogP contribution in [0, 0.1) is 0 Å². The smallest absolute Gasteiger partial charge is 0.0474 e. The molecular weight excluding hydrogens is 260 g/mol. The van der Waals surface area contributed by atoms with Gasteiger partial charge >= 0.3 is 0 Å². The lowest BCUT2D eigenvalue weighted by atomic mass is 9.99. The molecule has 3 nitrogen and oxygen atoms in total. The molecule has 1 aromatic rings. The SMILES string of the molecule is CCCNCC(C)c1ccc(CN(C)CCCOC)cc1. The van der Waals surface area contributed by atoms with Crippen LogP contribution in [0.3, 0.4) is 0 Å². The van der Waals surface area contributed by atoms with Gasteiger partial charge in [0.15, 0.2) is 0 Å². The van der Waals surface area contributed by atoms with Crippen molar-refractivity contribution in [2.75, 3.05) is 40.4 Å². The van der Waals surface area contributed by atoms with E-state index in [1.54, 1.807) is 7.11 Å². The molecule has 0 spiro atoms. The number of methoxy groups -OCH3 is 1. The number of rotatable bonds is 11. The Bertz CT molecular complexity index is 364. The highest BCUT2D eigenvalue weighted by Gasteiger charge is 2.06. The van der Waals surface area contributed by atoms with Gasteiger partial charge in [-0.1, -0.05) is 38.1 Å². The van der Waals surface area contributed by atoms with Gasteiger partial charge in [0.1, 0.15) is 0 Å². The summed E-state index contributed by atoms with van der Waals surface area (Å²) in [6.07, 6.45) is 2.28. The van der Waals surface area contributed by atoms with Crippen LogP contribution < -0.4 is 5.32 Å². The van der Waals surface area contributed by atoms with Crippen molar-refractivity contribution >= 4 is 0 Å². The van der Waals surface area contributed by atoms with Crippen LogP contribution in [0.2, 0.25) is 0 Å². The minimum atomic E-state index is 0.574. The highest BCUT2D eigenvalue weighted by molar-refractivity contribution is 5.25. The number of benzene rings is 1. The molecular formula is C18H32N2O. The van der Waals surface area contributed by atoms with E-state index >= 15 is 0 Å². The van der Waals surface area contributed by atoms with Crippen LogP contribution in [0.4, 0.5) is 0 Å². The van der Waals surface area contributed by atoms with Gasteiger partial charge in [0.2, 0.25) is 0 Å². The average molecular weight is 292 g/mol. The van der Waals surface area contributed by atoms with Crippen LogP contribution in [-0.4, -0.2) is 45.3 Å². The Hall–Kier alpha value is -0.900. The molecule has 0 aliphatic heterocycles. The summed E-state index contributed by atoms with van der Waals surface area (Å²) in [4.78, 5) is 2.35. The first-order valence-electron chi connectivity index (χ1n) is 8.14. The summed E-state index contributed by atoms with van der Waals surface area (Å²) < 4.78 is 5.09. The van der Waals surface area contributed by atoms with Crippen molar-refractivity contribution in [1.82, 2.24) is 10.2 Å². The number of nitrogens with one attached hydrogen (secondary N) is 1. The Morgan fingerprint density at radius 3 is 2.57 bits per heavy atom. The molecule has 0 radical (unpaired) electrons. The third-order valence-corrected chi connectivity index (χ3v) is 3.77. The van der Waals surface area contributed by atoms with Gasteiger partial charge in [-0.3, -0.25) is 0 Å². The quantitative estimate of drug-likeness (QED) is 0.634. The van der Waals surface area contributed by atoms with Gasteiger partial charge in [0, 0.05) is 33.4 Å². The Kier molecular flexibility index (Phi) is 9.31. The van der Waals surface area contributed by atoms with E-state index in [9.17, 15) is 0 Å². The zero-order valence-electron chi connectivity index (χ0n) is 14.2. The van der Waals surface area contributed by atoms with E-state index in [2.05, 4.69) is 55.4 Å². The van der Waals surface area contributed by atoms with Gasteiger partial charge in [0.25, 0.3) is 0 Å². The molecule has 1 atom stereocenters. The average Bonchev–Trinajstić information content (AvgIpc) is 2.48. The molecule has 0 aromatic heterocycles. The summed E-state index contributed by atoms with van der Waals surface area (Å²) >= 11 is 0. The van der Waals surface area contributed by atoms with Crippen LogP contribution in [0.25, 0.3) is 0 Å². The molecule has 0 amide bonds. The second kappa shape index (κ2) is 10.8. The molecule has 1 N–H and O–H groups in total. The predicted octanol–water partition coefficient (Wildman–Crippen LogP) is 3.26. The number of hydrogen-bond acceptors (Lipinski definition) is 3. The van der Waals surface area contributed by atoms with Crippen molar-refractivity contribution in [1.29, 1.82) is 0 Å². The fourth-order valence-corrected chi connectivity index (χ4v) is 2.43. The first kappa shape index (κ1) is 18.1. The second-order valence-corrected chi connectivity index (χ2v) is 5.93. The summed E-state index contributed by atoms with van der Waals surface area (Å²) in [5.74, 6) is 0.574. The van der Waals surface area contributed by atoms with Gasteiger partial charge in [0.05, 0.1) is 0 Å². The van der Waals surface area contributed by atoms with Gasteiger partial charge in [-0.25, -0.2) is 0 Å². The zero-order chi connectivity index (χ0) is 15.5. The lowest BCUT2D eigenvalue weighted by Gasteiger charge is -2.17. The predicted molar refractivity (Wildman–Crippen MR) is 90.8 cm³/mol. The van der Waals surface area contributed by atoms with Crippen molar-refractivity contribution in [2.24, 2.45) is 0 Å².